The van der Waals surface area contributed by atoms with Gasteiger partial charge < -0.3 is 9.84 Å². The molecule has 0 aliphatic carbocycles. The molecule has 1 aromatic carbocycles. The summed E-state index contributed by atoms with van der Waals surface area (Å²) < 4.78 is 5.50. The van der Waals surface area contributed by atoms with E-state index < -0.39 is 0 Å². The number of aliphatic hydroxyl groups excluding tert-OH is 1. The summed E-state index contributed by atoms with van der Waals surface area (Å²) in [5.41, 5.74) is 0. The number of hydrogen-bond donors (Lipinski definition) is 1. The summed E-state index contributed by atoms with van der Waals surface area (Å²) in [6.07, 6.45) is 0.853. The first-order chi connectivity index (χ1) is 7.33. The zero-order valence-corrected chi connectivity index (χ0v) is 10.1. The highest BCUT2D eigenvalue weighted by Gasteiger charge is 1.94. The van der Waals surface area contributed by atoms with Gasteiger partial charge in [0.25, 0.3) is 0 Å². The molecular formula is C11H15ClO2S. The van der Waals surface area contributed by atoms with Crippen LogP contribution in [0.25, 0.3) is 0 Å². The topological polar surface area (TPSA) is 29.5 Å². The van der Waals surface area contributed by atoms with E-state index in [-0.39, 0.29) is 6.61 Å². The Kier molecular flexibility index (Phi) is 6.64. The number of benzene rings is 1. The minimum absolute atomic E-state index is 0.269. The maximum Gasteiger partial charge on any atom is 0.119 e. The summed E-state index contributed by atoms with van der Waals surface area (Å²) in [7, 11) is 0. The van der Waals surface area contributed by atoms with E-state index in [0.29, 0.717) is 6.61 Å². The molecule has 0 saturated heterocycles. The largest absolute Gasteiger partial charge is 0.493 e. The highest BCUT2D eigenvalue weighted by molar-refractivity contribution is 7.99. The number of halogens is 1. The molecule has 0 fully saturated rings. The van der Waals surface area contributed by atoms with Crippen molar-refractivity contribution in [2.75, 3.05) is 24.7 Å². The third kappa shape index (κ3) is 5.92. The van der Waals surface area contributed by atoms with Gasteiger partial charge in [-0.2, -0.15) is 11.8 Å². The normalized spacial score (nSPS) is 10.3. The molecule has 1 rings (SSSR count). The van der Waals surface area contributed by atoms with Crippen molar-refractivity contribution in [1.29, 1.82) is 0 Å². The Morgan fingerprint density at radius 3 is 2.60 bits per heavy atom. The van der Waals surface area contributed by atoms with Crippen LogP contribution in [0.4, 0.5) is 0 Å². The molecule has 0 spiro atoms. The molecule has 0 amide bonds. The van der Waals surface area contributed by atoms with E-state index in [9.17, 15) is 0 Å². The Morgan fingerprint density at radius 2 is 1.93 bits per heavy atom. The van der Waals surface area contributed by atoms with Crippen molar-refractivity contribution in [3.05, 3.63) is 29.3 Å². The summed E-state index contributed by atoms with van der Waals surface area (Å²) in [6, 6.07) is 7.35. The summed E-state index contributed by atoms with van der Waals surface area (Å²) in [6.45, 7) is 0.961. The second-order valence-corrected chi connectivity index (χ2v) is 4.65. The molecule has 1 N–H and O–H groups in total. The van der Waals surface area contributed by atoms with Crippen molar-refractivity contribution < 1.29 is 9.84 Å². The van der Waals surface area contributed by atoms with Crippen molar-refractivity contribution in [1.82, 2.24) is 0 Å². The molecule has 0 saturated carbocycles. The molecule has 0 heterocycles. The van der Waals surface area contributed by atoms with Crippen LogP contribution in [-0.4, -0.2) is 29.8 Å². The number of rotatable bonds is 7. The highest BCUT2D eigenvalue weighted by Crippen LogP contribution is 2.15. The average molecular weight is 247 g/mol. The molecule has 15 heavy (non-hydrogen) atoms. The minimum atomic E-state index is 0.269. The third-order valence-corrected chi connectivity index (χ3v) is 3.04. The lowest BCUT2D eigenvalue weighted by atomic mass is 10.3. The van der Waals surface area contributed by atoms with E-state index in [4.69, 9.17) is 21.4 Å². The van der Waals surface area contributed by atoms with Gasteiger partial charge in [0.05, 0.1) is 6.61 Å². The monoisotopic (exact) mass is 246 g/mol. The van der Waals surface area contributed by atoms with Gasteiger partial charge in [-0.25, -0.2) is 0 Å². The number of thioether (sulfide) groups is 1. The van der Waals surface area contributed by atoms with E-state index in [2.05, 4.69) is 0 Å². The lowest BCUT2D eigenvalue weighted by Crippen LogP contribution is -2.01. The fraction of sp³-hybridized carbons (Fsp3) is 0.455. The van der Waals surface area contributed by atoms with Crippen LogP contribution in [0.2, 0.25) is 5.02 Å². The van der Waals surface area contributed by atoms with Gasteiger partial charge in [-0.3, -0.25) is 0 Å². The fourth-order valence-electron chi connectivity index (χ4n) is 1.02. The summed E-state index contributed by atoms with van der Waals surface area (Å²) in [5.74, 6) is 2.78. The smallest absolute Gasteiger partial charge is 0.119 e. The molecule has 0 radical (unpaired) electrons. The van der Waals surface area contributed by atoms with Crippen LogP contribution in [0.15, 0.2) is 24.3 Å². The van der Waals surface area contributed by atoms with Crippen LogP contribution in [0.3, 0.4) is 0 Å². The molecule has 0 bridgehead atoms. The van der Waals surface area contributed by atoms with Gasteiger partial charge in [-0.15, -0.1) is 0 Å². The molecule has 1 aromatic rings. The molecule has 4 heteroatoms. The molecule has 0 unspecified atom stereocenters. The predicted octanol–water partition coefficient (Wildman–Crippen LogP) is 2.83. The number of aliphatic hydroxyl groups is 1. The number of hydrogen-bond acceptors (Lipinski definition) is 3. The zero-order chi connectivity index (χ0) is 10.9. The van der Waals surface area contributed by atoms with Crippen molar-refractivity contribution in [2.45, 2.75) is 6.42 Å². The van der Waals surface area contributed by atoms with Crippen LogP contribution in [0.5, 0.6) is 5.75 Å². The second kappa shape index (κ2) is 7.85. The second-order valence-electron chi connectivity index (χ2n) is 2.99. The van der Waals surface area contributed by atoms with Crippen molar-refractivity contribution in [3.8, 4) is 5.75 Å². The van der Waals surface area contributed by atoms with Crippen LogP contribution in [0.1, 0.15) is 6.42 Å². The first-order valence-electron chi connectivity index (χ1n) is 4.90. The summed E-state index contributed by atoms with van der Waals surface area (Å²) >= 11 is 7.54. The van der Waals surface area contributed by atoms with Gasteiger partial charge in [0.2, 0.25) is 0 Å². The Labute approximate surface area is 99.6 Å². The summed E-state index contributed by atoms with van der Waals surface area (Å²) in [4.78, 5) is 0. The van der Waals surface area contributed by atoms with Crippen molar-refractivity contribution in [3.63, 3.8) is 0 Å². The van der Waals surface area contributed by atoms with Gasteiger partial charge in [0.15, 0.2) is 0 Å². The Morgan fingerprint density at radius 1 is 1.20 bits per heavy atom. The Bertz CT molecular complexity index is 264. The van der Waals surface area contributed by atoms with Gasteiger partial charge in [0, 0.05) is 17.4 Å². The van der Waals surface area contributed by atoms with E-state index >= 15 is 0 Å². The number of ether oxygens (including phenoxy) is 1. The van der Waals surface area contributed by atoms with Gasteiger partial charge >= 0.3 is 0 Å². The van der Waals surface area contributed by atoms with E-state index in [1.165, 1.54) is 0 Å². The maximum absolute atomic E-state index is 8.57. The fourth-order valence-corrected chi connectivity index (χ4v) is 1.88. The van der Waals surface area contributed by atoms with E-state index in [1.54, 1.807) is 11.8 Å². The van der Waals surface area contributed by atoms with Crippen LogP contribution in [-0.2, 0) is 0 Å². The molecule has 0 atom stereocenters. The van der Waals surface area contributed by atoms with Crippen molar-refractivity contribution in [2.24, 2.45) is 0 Å². The van der Waals surface area contributed by atoms with Crippen LogP contribution in [0, 0.1) is 0 Å². The minimum Gasteiger partial charge on any atom is -0.493 e. The van der Waals surface area contributed by atoms with Gasteiger partial charge in [-0.05, 0) is 36.4 Å². The third-order valence-electron chi connectivity index (χ3n) is 1.76. The Hall–Kier alpha value is -0.380. The van der Waals surface area contributed by atoms with E-state index in [1.807, 2.05) is 24.3 Å². The predicted molar refractivity (Wildman–Crippen MR) is 66.0 cm³/mol. The Balaban J connectivity index is 2.07. The first-order valence-corrected chi connectivity index (χ1v) is 6.43. The lowest BCUT2D eigenvalue weighted by molar-refractivity contribution is 0.296. The lowest BCUT2D eigenvalue weighted by Gasteiger charge is -2.05. The average Bonchev–Trinajstić information content (AvgIpc) is 2.26. The first kappa shape index (κ1) is 12.7. The van der Waals surface area contributed by atoms with Crippen molar-refractivity contribution >= 4 is 23.4 Å². The molecule has 2 nitrogen and oxygen atoms in total. The van der Waals surface area contributed by atoms with Gasteiger partial charge in [0.1, 0.15) is 5.75 Å². The van der Waals surface area contributed by atoms with E-state index in [0.717, 1.165) is 28.7 Å². The van der Waals surface area contributed by atoms with Crippen LogP contribution >= 0.6 is 23.4 Å². The highest BCUT2D eigenvalue weighted by atomic mass is 35.5. The van der Waals surface area contributed by atoms with Crippen LogP contribution < -0.4 is 4.74 Å². The quantitative estimate of drug-likeness (QED) is 0.751. The molecule has 0 aromatic heterocycles. The standard InChI is InChI=1S/C11H15ClO2S/c12-10-2-4-11(5-3-10)14-7-9-15-8-1-6-13/h2-5,13H,1,6-9H2. The SMILES string of the molecule is OCCCSCCOc1ccc(Cl)cc1. The molecule has 0 aliphatic rings. The molecule has 84 valence electrons. The van der Waals surface area contributed by atoms with Gasteiger partial charge in [-0.1, -0.05) is 11.6 Å². The zero-order valence-electron chi connectivity index (χ0n) is 8.49. The maximum atomic E-state index is 8.57. The molecular weight excluding hydrogens is 232 g/mol. The summed E-state index contributed by atoms with van der Waals surface area (Å²) in [5, 5.41) is 9.29. The molecule has 0 aliphatic heterocycles.